The molecular weight excluding hydrogens is 396 g/mol. The molecule has 0 bridgehead atoms. The minimum Gasteiger partial charge on any atom is -0.460 e. The van der Waals surface area contributed by atoms with Gasteiger partial charge in [-0.2, -0.15) is 0 Å². The number of benzene rings is 3. The lowest BCUT2D eigenvalue weighted by Crippen LogP contribution is -2.09. The zero-order valence-electron chi connectivity index (χ0n) is 16.4. The molecule has 3 aromatic carbocycles. The monoisotopic (exact) mass is 416 g/mol. The Morgan fingerprint density at radius 1 is 1.00 bits per heavy atom. The first-order chi connectivity index (χ1) is 14.7. The third kappa shape index (κ3) is 3.73. The van der Waals surface area contributed by atoms with Crippen molar-refractivity contribution in [3.63, 3.8) is 0 Å². The van der Waals surface area contributed by atoms with Gasteiger partial charge in [0, 0.05) is 21.9 Å². The lowest BCUT2D eigenvalue weighted by Gasteiger charge is -2.10. The van der Waals surface area contributed by atoms with E-state index in [1.807, 2.05) is 30.3 Å². The molecule has 1 aliphatic rings. The number of carbonyl (C=O) groups is 1. The summed E-state index contributed by atoms with van der Waals surface area (Å²) in [6.45, 7) is 0.0414. The molecule has 1 aromatic heterocycles. The highest BCUT2D eigenvalue weighted by molar-refractivity contribution is 8.00. The van der Waals surface area contributed by atoms with Gasteiger partial charge in [0.1, 0.15) is 12.2 Å². The van der Waals surface area contributed by atoms with Crippen LogP contribution in [0.5, 0.6) is 0 Å². The fraction of sp³-hybridized carbons (Fsp3) is 0.200. The molecule has 5 rings (SSSR count). The second-order valence-electron chi connectivity index (χ2n) is 7.48. The van der Waals surface area contributed by atoms with Gasteiger partial charge in [-0.25, -0.2) is 4.79 Å². The molecule has 0 radical (unpaired) electrons. The van der Waals surface area contributed by atoms with Gasteiger partial charge in [-0.05, 0) is 59.4 Å². The number of ether oxygens (including phenoxy) is 1. The largest absolute Gasteiger partial charge is 0.460 e. The van der Waals surface area contributed by atoms with E-state index in [4.69, 9.17) is 9.15 Å². The molecule has 5 heteroatoms. The van der Waals surface area contributed by atoms with Crippen LogP contribution in [0.1, 0.15) is 23.1 Å². The first kappa shape index (κ1) is 18.9. The van der Waals surface area contributed by atoms with Crippen LogP contribution in [0.3, 0.4) is 0 Å². The van der Waals surface area contributed by atoms with Crippen molar-refractivity contribution in [3.8, 4) is 0 Å². The number of fused-ring (bicyclic) bond motifs is 4. The Labute approximate surface area is 177 Å². The summed E-state index contributed by atoms with van der Waals surface area (Å²) >= 11 is 1.48. The molecule has 0 saturated heterocycles. The summed E-state index contributed by atoms with van der Waals surface area (Å²) < 4.78 is 10.9. The highest BCUT2D eigenvalue weighted by Gasteiger charge is 2.14. The van der Waals surface area contributed by atoms with E-state index in [1.165, 1.54) is 35.4 Å². The molecule has 30 heavy (non-hydrogen) atoms. The van der Waals surface area contributed by atoms with E-state index in [9.17, 15) is 9.59 Å². The number of rotatable bonds is 5. The van der Waals surface area contributed by atoms with E-state index >= 15 is 0 Å². The van der Waals surface area contributed by atoms with E-state index in [0.29, 0.717) is 11.1 Å². The maximum atomic E-state index is 12.4. The Bertz CT molecular complexity index is 1320. The van der Waals surface area contributed by atoms with E-state index in [0.717, 1.165) is 33.9 Å². The van der Waals surface area contributed by atoms with Gasteiger partial charge in [0.15, 0.2) is 0 Å². The molecule has 4 nitrogen and oxygen atoms in total. The summed E-state index contributed by atoms with van der Waals surface area (Å²) in [5.74, 6) is -0.0686. The van der Waals surface area contributed by atoms with Crippen LogP contribution < -0.4 is 5.63 Å². The molecule has 0 atom stereocenters. The number of aryl methyl sites for hydroxylation is 2. The lowest BCUT2D eigenvalue weighted by molar-refractivity contribution is -0.141. The summed E-state index contributed by atoms with van der Waals surface area (Å²) in [4.78, 5) is 25.4. The quantitative estimate of drug-likeness (QED) is 0.192. The minimum atomic E-state index is -0.448. The Hall–Kier alpha value is -3.05. The molecule has 0 fully saturated rings. The maximum Gasteiger partial charge on any atom is 0.336 e. The van der Waals surface area contributed by atoms with Crippen molar-refractivity contribution in [2.45, 2.75) is 30.8 Å². The van der Waals surface area contributed by atoms with Crippen molar-refractivity contribution in [2.75, 3.05) is 5.75 Å². The number of hydrogen-bond donors (Lipinski definition) is 0. The first-order valence-electron chi connectivity index (χ1n) is 10.0. The number of hydrogen-bond acceptors (Lipinski definition) is 5. The van der Waals surface area contributed by atoms with Gasteiger partial charge in [-0.15, -0.1) is 11.8 Å². The normalized spacial score (nSPS) is 12.9. The Kier molecular flexibility index (Phi) is 5.05. The highest BCUT2D eigenvalue weighted by Crippen LogP contribution is 2.29. The predicted octanol–water partition coefficient (Wildman–Crippen LogP) is 5.27. The van der Waals surface area contributed by atoms with Crippen molar-refractivity contribution in [2.24, 2.45) is 0 Å². The van der Waals surface area contributed by atoms with Crippen LogP contribution in [0.2, 0.25) is 0 Å². The molecule has 1 heterocycles. The fourth-order valence-corrected chi connectivity index (χ4v) is 4.87. The van der Waals surface area contributed by atoms with Crippen molar-refractivity contribution in [1.29, 1.82) is 0 Å². The summed E-state index contributed by atoms with van der Waals surface area (Å²) in [6, 6.07) is 19.4. The number of carbonyl (C=O) groups excluding carboxylic acids is 1. The molecule has 0 aliphatic heterocycles. The third-order valence-electron chi connectivity index (χ3n) is 5.53. The summed E-state index contributed by atoms with van der Waals surface area (Å²) in [6.07, 6.45) is 3.47. The van der Waals surface area contributed by atoms with Crippen molar-refractivity contribution in [3.05, 3.63) is 87.8 Å². The van der Waals surface area contributed by atoms with Crippen molar-refractivity contribution in [1.82, 2.24) is 0 Å². The van der Waals surface area contributed by atoms with Gasteiger partial charge in [-0.3, -0.25) is 4.79 Å². The van der Waals surface area contributed by atoms with E-state index in [2.05, 4.69) is 18.2 Å². The lowest BCUT2D eigenvalue weighted by atomic mass is 10.0. The fourth-order valence-electron chi connectivity index (χ4n) is 4.11. The van der Waals surface area contributed by atoms with Gasteiger partial charge in [0.25, 0.3) is 0 Å². The van der Waals surface area contributed by atoms with Crippen LogP contribution in [-0.2, 0) is 29.0 Å². The summed E-state index contributed by atoms with van der Waals surface area (Å²) in [5, 5.41) is 2.82. The standard InChI is InChI=1S/C25H20O4S/c26-23-13-19(25-21-7-2-1-4-17(21)9-11-22(25)29-23)14-28-24(27)15-30-20-10-8-16-5-3-6-18(16)12-20/h1-2,4,7-13H,3,5-6,14-15H2. The number of esters is 1. The second kappa shape index (κ2) is 8.00. The number of thioether (sulfide) groups is 1. The van der Waals surface area contributed by atoms with Gasteiger partial charge in [0.2, 0.25) is 0 Å². The highest BCUT2D eigenvalue weighted by atomic mass is 32.2. The van der Waals surface area contributed by atoms with Gasteiger partial charge in [0.05, 0.1) is 5.75 Å². The minimum absolute atomic E-state index is 0.0414. The molecule has 0 N–H and O–H groups in total. The van der Waals surface area contributed by atoms with Gasteiger partial charge >= 0.3 is 11.6 Å². The van der Waals surface area contributed by atoms with Crippen LogP contribution in [-0.4, -0.2) is 11.7 Å². The van der Waals surface area contributed by atoms with Crippen LogP contribution >= 0.6 is 11.8 Å². The second-order valence-corrected chi connectivity index (χ2v) is 8.53. The molecule has 1 aliphatic carbocycles. The van der Waals surface area contributed by atoms with Gasteiger partial charge < -0.3 is 9.15 Å². The van der Waals surface area contributed by atoms with Crippen molar-refractivity contribution < 1.29 is 13.9 Å². The van der Waals surface area contributed by atoms with Gasteiger partial charge in [-0.1, -0.05) is 36.4 Å². The van der Waals surface area contributed by atoms with Crippen molar-refractivity contribution >= 4 is 39.5 Å². The zero-order chi connectivity index (χ0) is 20.5. The van der Waals surface area contributed by atoms with E-state index in [-0.39, 0.29) is 18.3 Å². The smallest absolute Gasteiger partial charge is 0.336 e. The third-order valence-corrected chi connectivity index (χ3v) is 6.50. The topological polar surface area (TPSA) is 56.5 Å². The molecule has 150 valence electrons. The molecule has 0 unspecified atom stereocenters. The Morgan fingerprint density at radius 3 is 2.80 bits per heavy atom. The molecule has 0 amide bonds. The predicted molar refractivity (Wildman–Crippen MR) is 119 cm³/mol. The Balaban J connectivity index is 1.32. The first-order valence-corrected chi connectivity index (χ1v) is 11.0. The van der Waals surface area contributed by atoms with Crippen LogP contribution in [0.15, 0.2) is 74.8 Å². The molecule has 0 saturated carbocycles. The van der Waals surface area contributed by atoms with Crippen LogP contribution in [0.25, 0.3) is 21.7 Å². The molecule has 0 spiro atoms. The van der Waals surface area contributed by atoms with Crippen LogP contribution in [0.4, 0.5) is 0 Å². The maximum absolute atomic E-state index is 12.4. The summed E-state index contributed by atoms with van der Waals surface area (Å²) in [7, 11) is 0. The SMILES string of the molecule is O=C(CSc1ccc2c(c1)CCC2)OCc1cc(=O)oc2ccc3ccccc3c12. The average molecular weight is 416 g/mol. The molecule has 4 aromatic rings. The Morgan fingerprint density at radius 2 is 1.87 bits per heavy atom. The summed E-state index contributed by atoms with van der Waals surface area (Å²) in [5.41, 5.74) is 3.52. The molecular formula is C25H20O4S. The van der Waals surface area contributed by atoms with Crippen LogP contribution in [0, 0.1) is 0 Å². The average Bonchev–Trinajstić information content (AvgIpc) is 3.23. The van der Waals surface area contributed by atoms with E-state index < -0.39 is 5.63 Å². The van der Waals surface area contributed by atoms with E-state index in [1.54, 1.807) is 6.07 Å². The zero-order valence-corrected chi connectivity index (χ0v) is 17.2.